The van der Waals surface area contributed by atoms with Crippen LogP contribution < -0.4 is 10.6 Å². The Morgan fingerprint density at radius 1 is 1.20 bits per heavy atom. The highest BCUT2D eigenvalue weighted by Gasteiger charge is 2.64. The van der Waals surface area contributed by atoms with Crippen molar-refractivity contribution < 1.29 is 39.2 Å². The molecule has 4 aliphatic rings. The van der Waals surface area contributed by atoms with Crippen molar-refractivity contribution >= 4 is 28.9 Å². The van der Waals surface area contributed by atoms with E-state index < -0.39 is 64.2 Å². The van der Waals surface area contributed by atoms with Crippen molar-refractivity contribution in [3.63, 3.8) is 0 Å². The molecule has 1 saturated heterocycles. The van der Waals surface area contributed by atoms with Gasteiger partial charge in [0.15, 0.2) is 11.4 Å². The van der Waals surface area contributed by atoms with Gasteiger partial charge in [-0.3, -0.25) is 24.2 Å². The Hall–Kier alpha value is -3.48. The molecule has 5 atom stereocenters. The Kier molecular flexibility index (Phi) is 6.71. The Morgan fingerprint density at radius 2 is 1.88 bits per heavy atom. The summed E-state index contributed by atoms with van der Waals surface area (Å²) in [5, 5.41) is 45.2. The number of ketones is 2. The Morgan fingerprint density at radius 3 is 2.42 bits per heavy atom. The fourth-order valence-electron chi connectivity index (χ4n) is 7.22. The largest absolute Gasteiger partial charge is 0.508 e. The molecule has 12 heteroatoms. The normalized spacial score (nSPS) is 30.5. The van der Waals surface area contributed by atoms with Crippen molar-refractivity contribution in [1.82, 2.24) is 9.80 Å². The smallest absolute Gasteiger partial charge is 0.255 e. The summed E-state index contributed by atoms with van der Waals surface area (Å²) in [6.07, 6.45) is -0.284. The lowest BCUT2D eigenvalue weighted by Gasteiger charge is -2.50. The minimum absolute atomic E-state index is 0.0132. The van der Waals surface area contributed by atoms with E-state index in [1.165, 1.54) is 11.0 Å². The standard InChI is InChI=1S/C28H35FN4O7/c1-31(2)21-13(10-33-6-5-14(29)11-33)9-17(34)19-15(21)7-12-8-16-22(32(3)4)24(36)20(27(30)39)26(38)28(16,40)25(37)18(12)23(19)35/h9,12,14,16,22,34-35,38,40H,5-8,10-11H2,1-4H3,(H2,30,39)/t12-,14+,16-,22-,28-/m0/s1. The van der Waals surface area contributed by atoms with Crippen molar-refractivity contribution in [2.45, 2.75) is 43.6 Å². The predicted octanol–water partition coefficient (Wildman–Crippen LogP) is 0.574. The summed E-state index contributed by atoms with van der Waals surface area (Å²) in [6, 6.07) is 0.347. The fraction of sp³-hybridized carbons (Fsp3) is 0.536. The van der Waals surface area contributed by atoms with Gasteiger partial charge in [0, 0.05) is 50.9 Å². The van der Waals surface area contributed by atoms with Gasteiger partial charge in [-0.2, -0.15) is 0 Å². The number of aliphatic hydroxyl groups is 3. The number of nitrogens with zero attached hydrogens (tertiary/aromatic N) is 3. The summed E-state index contributed by atoms with van der Waals surface area (Å²) >= 11 is 0. The molecule has 1 aromatic rings. The average molecular weight is 559 g/mol. The third-order valence-corrected chi connectivity index (χ3v) is 8.83. The predicted molar refractivity (Wildman–Crippen MR) is 143 cm³/mol. The van der Waals surface area contributed by atoms with Gasteiger partial charge in [0.1, 0.15) is 29.0 Å². The number of likely N-dealkylation sites (N-methyl/N-ethyl adjacent to an activating group) is 1. The van der Waals surface area contributed by atoms with Crippen molar-refractivity contribution in [3.05, 3.63) is 39.7 Å². The van der Waals surface area contributed by atoms with Crippen LogP contribution in [-0.2, 0) is 27.3 Å². The number of carbonyl (C=O) groups is 3. The molecular formula is C28H35FN4O7. The zero-order valence-corrected chi connectivity index (χ0v) is 22.9. The molecule has 0 unspecified atom stereocenters. The lowest BCUT2D eigenvalue weighted by atomic mass is 9.57. The van der Waals surface area contributed by atoms with Crippen LogP contribution in [0, 0.1) is 11.8 Å². The van der Waals surface area contributed by atoms with E-state index in [-0.39, 0.29) is 36.3 Å². The maximum Gasteiger partial charge on any atom is 0.255 e. The van der Waals surface area contributed by atoms with E-state index in [0.717, 1.165) is 11.3 Å². The lowest BCUT2D eigenvalue weighted by Crippen LogP contribution is -2.65. The average Bonchev–Trinajstić information content (AvgIpc) is 3.24. The number of halogens is 1. The zero-order chi connectivity index (χ0) is 29.4. The number of carbonyl (C=O) groups excluding carboxylic acids is 3. The van der Waals surface area contributed by atoms with Gasteiger partial charge in [0.05, 0.1) is 11.6 Å². The first kappa shape index (κ1) is 28.1. The first-order valence-electron chi connectivity index (χ1n) is 13.3. The molecule has 11 nitrogen and oxygen atoms in total. The number of hydrogen-bond acceptors (Lipinski definition) is 10. The summed E-state index contributed by atoms with van der Waals surface area (Å²) in [5.74, 6) is -6.86. The molecule has 0 radical (unpaired) electrons. The van der Waals surface area contributed by atoms with Gasteiger partial charge in [-0.15, -0.1) is 0 Å². The number of hydrogen-bond donors (Lipinski definition) is 5. The summed E-state index contributed by atoms with van der Waals surface area (Å²) < 4.78 is 13.9. The van der Waals surface area contributed by atoms with Crippen LogP contribution in [0.1, 0.15) is 29.5 Å². The van der Waals surface area contributed by atoms with Crippen LogP contribution in [0.25, 0.3) is 5.76 Å². The second-order valence-electron chi connectivity index (χ2n) is 11.7. The number of anilines is 1. The highest BCUT2D eigenvalue weighted by Crippen LogP contribution is 2.54. The number of aromatic hydroxyl groups is 1. The monoisotopic (exact) mass is 558 g/mol. The number of nitrogens with two attached hydrogens (primary N) is 1. The van der Waals surface area contributed by atoms with E-state index in [0.29, 0.717) is 25.1 Å². The molecule has 1 saturated carbocycles. The first-order chi connectivity index (χ1) is 18.7. The van der Waals surface area contributed by atoms with Crippen LogP contribution in [0.2, 0.25) is 0 Å². The second-order valence-corrected chi connectivity index (χ2v) is 11.7. The number of likely N-dealkylation sites (tertiary alicyclic amines) is 1. The summed E-state index contributed by atoms with van der Waals surface area (Å²) in [4.78, 5) is 44.6. The van der Waals surface area contributed by atoms with E-state index in [2.05, 4.69) is 0 Å². The van der Waals surface area contributed by atoms with E-state index in [1.54, 1.807) is 14.1 Å². The molecule has 6 N–H and O–H groups in total. The van der Waals surface area contributed by atoms with Gasteiger partial charge in [0.25, 0.3) is 5.91 Å². The Bertz CT molecular complexity index is 1390. The van der Waals surface area contributed by atoms with Gasteiger partial charge in [-0.05, 0) is 56.5 Å². The molecule has 0 spiro atoms. The van der Waals surface area contributed by atoms with E-state index in [9.17, 15) is 39.2 Å². The summed E-state index contributed by atoms with van der Waals surface area (Å²) in [5.41, 5.74) is 3.72. The Labute approximate surface area is 231 Å². The van der Waals surface area contributed by atoms with E-state index >= 15 is 0 Å². The number of Topliss-reactive ketones (excluding diaryl/α,β-unsaturated/α-hetero) is 2. The third kappa shape index (κ3) is 3.92. The SMILES string of the molecule is CN(C)c1c(CN2CC[C@@H](F)C2)cc(O)c2c1C[C@H]1C[C@H]3[C@H](N(C)C)C(=O)C(C(N)=O)=C(O)[C@@]3(O)C(=O)C1=C2O. The number of amides is 1. The number of aliphatic hydroxyl groups excluding tert-OH is 2. The molecular weight excluding hydrogens is 523 g/mol. The summed E-state index contributed by atoms with van der Waals surface area (Å²) in [7, 11) is 6.74. The first-order valence-corrected chi connectivity index (χ1v) is 13.3. The van der Waals surface area contributed by atoms with E-state index in [1.807, 2.05) is 23.9 Å². The zero-order valence-electron chi connectivity index (χ0n) is 22.9. The van der Waals surface area contributed by atoms with Gasteiger partial charge in [-0.1, -0.05) is 0 Å². The number of fused-ring (bicyclic) bond motifs is 3. The highest BCUT2D eigenvalue weighted by molar-refractivity contribution is 6.24. The maximum atomic E-state index is 14.0. The van der Waals surface area contributed by atoms with Gasteiger partial charge in [-0.25, -0.2) is 4.39 Å². The molecule has 1 aromatic carbocycles. The van der Waals surface area contributed by atoms with Crippen molar-refractivity contribution in [1.29, 1.82) is 0 Å². The number of rotatable bonds is 5. The molecule has 40 heavy (non-hydrogen) atoms. The molecule has 2 fully saturated rings. The minimum Gasteiger partial charge on any atom is -0.508 e. The number of alkyl halides is 1. The molecule has 0 aromatic heterocycles. The van der Waals surface area contributed by atoms with Crippen LogP contribution in [-0.4, -0.2) is 107 Å². The number of primary amides is 1. The Balaban J connectivity index is 1.68. The van der Waals surface area contributed by atoms with Gasteiger partial charge >= 0.3 is 0 Å². The molecule has 0 bridgehead atoms. The molecule has 1 amide bonds. The molecule has 216 valence electrons. The van der Waals surface area contributed by atoms with Gasteiger partial charge < -0.3 is 31.1 Å². The van der Waals surface area contributed by atoms with Crippen LogP contribution in [0.15, 0.2) is 23.0 Å². The van der Waals surface area contributed by atoms with Crippen molar-refractivity contribution in [2.24, 2.45) is 17.6 Å². The fourth-order valence-corrected chi connectivity index (χ4v) is 7.22. The number of phenols is 1. The number of phenolic OH excluding ortho intramolecular Hbond substituents is 1. The van der Waals surface area contributed by atoms with Crippen LogP contribution in [0.3, 0.4) is 0 Å². The molecule has 1 aliphatic heterocycles. The molecule has 5 rings (SSSR count). The number of benzene rings is 1. The summed E-state index contributed by atoms with van der Waals surface area (Å²) in [6.45, 7) is 1.23. The molecule has 1 heterocycles. The molecule has 3 aliphatic carbocycles. The highest BCUT2D eigenvalue weighted by atomic mass is 19.1. The minimum atomic E-state index is -2.68. The van der Waals surface area contributed by atoms with Crippen LogP contribution in [0.5, 0.6) is 5.75 Å². The van der Waals surface area contributed by atoms with Gasteiger partial charge in [0.2, 0.25) is 5.78 Å². The maximum absolute atomic E-state index is 14.0. The van der Waals surface area contributed by atoms with Crippen LogP contribution in [0.4, 0.5) is 10.1 Å². The lowest BCUT2D eigenvalue weighted by molar-refractivity contribution is -0.153. The van der Waals surface area contributed by atoms with Crippen LogP contribution >= 0.6 is 0 Å². The topological polar surface area (TPSA) is 168 Å². The van der Waals surface area contributed by atoms with Crippen molar-refractivity contribution in [2.75, 3.05) is 46.2 Å². The van der Waals surface area contributed by atoms with E-state index in [4.69, 9.17) is 5.73 Å². The quantitative estimate of drug-likeness (QED) is 0.322. The van der Waals surface area contributed by atoms with Crippen molar-refractivity contribution in [3.8, 4) is 5.75 Å². The second kappa shape index (κ2) is 9.57. The third-order valence-electron chi connectivity index (χ3n) is 8.83.